The van der Waals surface area contributed by atoms with Crippen LogP contribution in [0.4, 0.5) is 0 Å². The molecule has 1 fully saturated rings. The Morgan fingerprint density at radius 3 is 2.47 bits per heavy atom. The molecule has 0 radical (unpaired) electrons. The normalized spacial score (nSPS) is 37.8. The summed E-state index contributed by atoms with van der Waals surface area (Å²) in [5.41, 5.74) is 0. The Bertz CT molecular complexity index is 419. The molecule has 0 aromatic carbocycles. The molecule has 0 saturated heterocycles. The van der Waals surface area contributed by atoms with Gasteiger partial charge in [-0.3, -0.25) is 0 Å². The van der Waals surface area contributed by atoms with E-state index in [-0.39, 0.29) is 11.8 Å². The third-order valence-electron chi connectivity index (χ3n) is 4.28. The number of ether oxygens (including phenoxy) is 2. The van der Waals surface area contributed by atoms with Crippen LogP contribution in [0.3, 0.4) is 0 Å². The molecule has 2 aliphatic carbocycles. The van der Waals surface area contributed by atoms with Gasteiger partial charge in [0.05, 0.1) is 6.10 Å². The average molecular weight is 461 g/mol. The zero-order chi connectivity index (χ0) is 14.4. The van der Waals surface area contributed by atoms with Crippen LogP contribution < -0.4 is 0 Å². The van der Waals surface area contributed by atoms with E-state index in [2.05, 4.69) is 54.4 Å². The van der Waals surface area contributed by atoms with E-state index in [1.54, 1.807) is 20.3 Å². The van der Waals surface area contributed by atoms with Crippen LogP contribution in [-0.2, 0) is 9.47 Å². The van der Waals surface area contributed by atoms with Crippen molar-refractivity contribution in [3.05, 3.63) is 21.6 Å². The second-order valence-corrected chi connectivity index (χ2v) is 7.83. The molecule has 0 aliphatic heterocycles. The summed E-state index contributed by atoms with van der Waals surface area (Å²) < 4.78 is 12.9. The Hall–Kier alpha value is 0.800. The predicted molar refractivity (Wildman–Crippen MR) is 85.7 cm³/mol. The summed E-state index contributed by atoms with van der Waals surface area (Å²) in [6, 6.07) is 0. The molecule has 0 aromatic rings. The van der Waals surface area contributed by atoms with Crippen molar-refractivity contribution >= 4 is 47.8 Å². The molecule has 3 nitrogen and oxygen atoms in total. The van der Waals surface area contributed by atoms with Crippen LogP contribution in [0.15, 0.2) is 21.6 Å². The molecule has 0 unspecified atom stereocenters. The van der Waals surface area contributed by atoms with Crippen LogP contribution in [0, 0.1) is 11.8 Å². The Kier molecular flexibility index (Phi) is 4.71. The number of hydrogen-bond donors (Lipinski definition) is 1. The monoisotopic (exact) mass is 458 g/mol. The molecule has 0 spiro atoms. The molecule has 108 valence electrons. The van der Waals surface area contributed by atoms with Gasteiger partial charge in [-0.05, 0) is 12.8 Å². The lowest BCUT2D eigenvalue weighted by atomic mass is 9.86. The molecule has 0 aromatic heterocycles. The number of halogens is 3. The van der Waals surface area contributed by atoms with E-state index >= 15 is 0 Å². The summed E-state index contributed by atoms with van der Waals surface area (Å²) >= 11 is 11.0. The van der Waals surface area contributed by atoms with Crippen molar-refractivity contribution < 1.29 is 14.6 Å². The van der Waals surface area contributed by atoms with Gasteiger partial charge in [-0.2, -0.15) is 0 Å². The first kappa shape index (κ1) is 16.2. The molecule has 0 heterocycles. The number of rotatable bonds is 5. The summed E-state index contributed by atoms with van der Waals surface area (Å²) in [6.45, 7) is 3.70. The van der Waals surface area contributed by atoms with E-state index in [4.69, 9.17) is 9.47 Å². The summed E-state index contributed by atoms with van der Waals surface area (Å²) in [7, 11) is 3.28. The van der Waals surface area contributed by atoms with Gasteiger partial charge in [-0.15, -0.1) is 6.58 Å². The molecule has 2 bridgehead atoms. The minimum Gasteiger partial charge on any atom is -0.392 e. The van der Waals surface area contributed by atoms with Crippen molar-refractivity contribution in [2.24, 2.45) is 11.8 Å². The van der Waals surface area contributed by atoms with E-state index in [9.17, 15) is 5.11 Å². The maximum absolute atomic E-state index is 10.4. The van der Waals surface area contributed by atoms with Crippen molar-refractivity contribution in [1.29, 1.82) is 0 Å². The highest BCUT2D eigenvalue weighted by Gasteiger charge is 2.73. The van der Waals surface area contributed by atoms with Crippen LogP contribution in [0.5, 0.6) is 0 Å². The summed E-state index contributed by atoms with van der Waals surface area (Å²) in [4.78, 5) is 0. The third kappa shape index (κ3) is 1.90. The number of hydrogen-bond acceptors (Lipinski definition) is 3. The Balaban J connectivity index is 2.48. The standard InChI is InChI=1S/C13H17Br3O3/c1-4-5-9(17)7-6-8-10(14)11(15)12(7,16)13(8,18-2)19-3/h4,7-9,17H,1,5-6H2,2-3H3/t7-,8+,9+,12+/m1/s1. The second kappa shape index (κ2) is 5.54. The van der Waals surface area contributed by atoms with Gasteiger partial charge in [0, 0.05) is 35.0 Å². The van der Waals surface area contributed by atoms with Crippen LogP contribution in [0.25, 0.3) is 0 Å². The second-order valence-electron chi connectivity index (χ2n) is 4.94. The van der Waals surface area contributed by atoms with Gasteiger partial charge in [-0.25, -0.2) is 0 Å². The number of aliphatic hydroxyl groups excluding tert-OH is 1. The van der Waals surface area contributed by atoms with Gasteiger partial charge >= 0.3 is 0 Å². The zero-order valence-electron chi connectivity index (χ0n) is 10.8. The summed E-state index contributed by atoms with van der Waals surface area (Å²) in [5.74, 6) is -0.760. The first-order valence-corrected chi connectivity index (χ1v) is 8.42. The first-order valence-electron chi connectivity index (χ1n) is 6.04. The SMILES string of the molecule is C=CC[C@H](O)[C@H]1C[C@H]2C(Br)=C(Br)[C@]1(Br)C2(OC)OC. The van der Waals surface area contributed by atoms with Crippen LogP contribution in [0.2, 0.25) is 0 Å². The molecular formula is C13H17Br3O3. The highest BCUT2D eigenvalue weighted by atomic mass is 79.9. The quantitative estimate of drug-likeness (QED) is 0.386. The zero-order valence-corrected chi connectivity index (χ0v) is 15.6. The maximum Gasteiger partial charge on any atom is 0.195 e. The number of aliphatic hydroxyl groups is 1. The summed E-state index contributed by atoms with van der Waals surface area (Å²) in [5, 5.41) is 10.4. The lowest BCUT2D eigenvalue weighted by molar-refractivity contribution is -0.224. The Morgan fingerprint density at radius 2 is 2.05 bits per heavy atom. The van der Waals surface area contributed by atoms with E-state index < -0.39 is 16.2 Å². The van der Waals surface area contributed by atoms with Crippen molar-refractivity contribution in [2.45, 2.75) is 29.1 Å². The molecular weight excluding hydrogens is 444 g/mol. The third-order valence-corrected chi connectivity index (χ3v) is 8.88. The topological polar surface area (TPSA) is 38.7 Å². The van der Waals surface area contributed by atoms with Gasteiger partial charge in [0.1, 0.15) is 4.32 Å². The van der Waals surface area contributed by atoms with Crippen molar-refractivity contribution in [3.8, 4) is 0 Å². The molecule has 19 heavy (non-hydrogen) atoms. The minimum absolute atomic E-state index is 0.00826. The average Bonchev–Trinajstić information content (AvgIpc) is 2.74. The highest BCUT2D eigenvalue weighted by Crippen LogP contribution is 2.69. The summed E-state index contributed by atoms with van der Waals surface area (Å²) in [6.07, 6.45) is 2.59. The van der Waals surface area contributed by atoms with Crippen molar-refractivity contribution in [1.82, 2.24) is 0 Å². The fraction of sp³-hybridized carbons (Fsp3) is 0.692. The Morgan fingerprint density at radius 1 is 1.47 bits per heavy atom. The first-order chi connectivity index (χ1) is 8.90. The van der Waals surface area contributed by atoms with E-state index in [1.807, 2.05) is 0 Å². The molecule has 2 rings (SSSR count). The van der Waals surface area contributed by atoms with Gasteiger partial charge in [0.2, 0.25) is 0 Å². The molecule has 1 saturated carbocycles. The lowest BCUT2D eigenvalue weighted by Gasteiger charge is -2.41. The largest absolute Gasteiger partial charge is 0.392 e. The van der Waals surface area contributed by atoms with Crippen LogP contribution in [0.1, 0.15) is 12.8 Å². The molecule has 0 amide bonds. The molecule has 1 N–H and O–H groups in total. The van der Waals surface area contributed by atoms with E-state index in [0.29, 0.717) is 6.42 Å². The van der Waals surface area contributed by atoms with Crippen LogP contribution >= 0.6 is 47.8 Å². The van der Waals surface area contributed by atoms with Gasteiger partial charge in [-0.1, -0.05) is 53.9 Å². The maximum atomic E-state index is 10.4. The number of alkyl halides is 1. The number of methoxy groups -OCH3 is 2. The number of fused-ring (bicyclic) bond motifs is 2. The minimum atomic E-state index is -0.808. The molecule has 2 aliphatic rings. The van der Waals surface area contributed by atoms with E-state index in [0.717, 1.165) is 15.4 Å². The van der Waals surface area contributed by atoms with Crippen molar-refractivity contribution in [2.75, 3.05) is 14.2 Å². The van der Waals surface area contributed by atoms with Crippen LogP contribution in [-0.4, -0.2) is 35.5 Å². The van der Waals surface area contributed by atoms with Gasteiger partial charge < -0.3 is 14.6 Å². The smallest absolute Gasteiger partial charge is 0.195 e. The predicted octanol–water partition coefficient (Wildman–Crippen LogP) is 3.70. The van der Waals surface area contributed by atoms with Crippen molar-refractivity contribution in [3.63, 3.8) is 0 Å². The molecule has 4 atom stereocenters. The van der Waals surface area contributed by atoms with Gasteiger partial charge in [0.15, 0.2) is 5.79 Å². The molecule has 6 heteroatoms. The fourth-order valence-electron chi connectivity index (χ4n) is 3.42. The lowest BCUT2D eigenvalue weighted by Crippen LogP contribution is -2.53. The Labute approximate surface area is 138 Å². The van der Waals surface area contributed by atoms with E-state index in [1.165, 1.54) is 0 Å². The highest BCUT2D eigenvalue weighted by molar-refractivity contribution is 9.15. The van der Waals surface area contributed by atoms with Gasteiger partial charge in [0.25, 0.3) is 0 Å². The fourth-order valence-corrected chi connectivity index (χ4v) is 6.64.